The second-order valence-electron chi connectivity index (χ2n) is 7.25. The van der Waals surface area contributed by atoms with Gasteiger partial charge < -0.3 is 16.0 Å². The first-order chi connectivity index (χ1) is 13.9. The standard InChI is InChI=1S/C22H25N3O3S/c1-14(2)23-20(26)13-29-19-10-6-4-8-17(19)22(28)25-18-9-5-3-7-16(18)21(27)24-15-11-12-15/h3-10,14-15H,11-13H2,1-2H3,(H,23,26)(H,24,27)(H,25,28). The van der Waals surface area contributed by atoms with Crippen molar-refractivity contribution in [1.29, 1.82) is 0 Å². The average Bonchev–Trinajstić information content (AvgIpc) is 3.50. The van der Waals surface area contributed by atoms with E-state index in [0.29, 0.717) is 21.7 Å². The first-order valence-electron chi connectivity index (χ1n) is 9.66. The van der Waals surface area contributed by atoms with Crippen LogP contribution >= 0.6 is 11.8 Å². The number of anilines is 1. The Morgan fingerprint density at radius 3 is 2.31 bits per heavy atom. The molecule has 2 aromatic rings. The smallest absolute Gasteiger partial charge is 0.256 e. The molecule has 7 heteroatoms. The maximum absolute atomic E-state index is 12.9. The molecule has 1 aliphatic rings. The molecule has 0 saturated heterocycles. The van der Waals surface area contributed by atoms with Gasteiger partial charge in [0.2, 0.25) is 5.91 Å². The molecule has 0 radical (unpaired) electrons. The molecule has 0 spiro atoms. The molecule has 3 amide bonds. The van der Waals surface area contributed by atoms with Gasteiger partial charge in [-0.1, -0.05) is 24.3 Å². The Bertz CT molecular complexity index is 910. The molecule has 2 aromatic carbocycles. The van der Waals surface area contributed by atoms with E-state index >= 15 is 0 Å². The van der Waals surface area contributed by atoms with Crippen molar-refractivity contribution in [3.8, 4) is 0 Å². The van der Waals surface area contributed by atoms with Gasteiger partial charge in [-0.15, -0.1) is 11.8 Å². The molecule has 3 N–H and O–H groups in total. The normalized spacial score (nSPS) is 13.1. The molecule has 0 unspecified atom stereocenters. The third-order valence-electron chi connectivity index (χ3n) is 4.27. The Labute approximate surface area is 174 Å². The molecular formula is C22H25N3O3S. The Morgan fingerprint density at radius 1 is 0.966 bits per heavy atom. The molecule has 0 bridgehead atoms. The summed E-state index contributed by atoms with van der Waals surface area (Å²) < 4.78 is 0. The molecule has 1 aliphatic carbocycles. The highest BCUT2D eigenvalue weighted by molar-refractivity contribution is 8.00. The zero-order chi connectivity index (χ0) is 20.8. The zero-order valence-electron chi connectivity index (χ0n) is 16.5. The number of para-hydroxylation sites is 1. The van der Waals surface area contributed by atoms with Gasteiger partial charge in [0, 0.05) is 17.0 Å². The third-order valence-corrected chi connectivity index (χ3v) is 5.35. The van der Waals surface area contributed by atoms with Crippen molar-refractivity contribution in [3.05, 3.63) is 59.7 Å². The number of rotatable bonds is 8. The van der Waals surface area contributed by atoms with Crippen LogP contribution in [0.25, 0.3) is 0 Å². The summed E-state index contributed by atoms with van der Waals surface area (Å²) in [6.45, 7) is 3.81. The average molecular weight is 412 g/mol. The van der Waals surface area contributed by atoms with Crippen LogP contribution in [0.2, 0.25) is 0 Å². The molecule has 1 fully saturated rings. The third kappa shape index (κ3) is 6.09. The van der Waals surface area contributed by atoms with Crippen molar-refractivity contribution in [2.45, 2.75) is 43.7 Å². The van der Waals surface area contributed by atoms with Crippen molar-refractivity contribution in [3.63, 3.8) is 0 Å². The fraction of sp³-hybridized carbons (Fsp3) is 0.318. The van der Waals surface area contributed by atoms with Crippen molar-refractivity contribution in [2.75, 3.05) is 11.1 Å². The minimum absolute atomic E-state index is 0.0694. The van der Waals surface area contributed by atoms with Crippen LogP contribution in [0.3, 0.4) is 0 Å². The molecule has 0 heterocycles. The first kappa shape index (κ1) is 20.9. The highest BCUT2D eigenvalue weighted by Crippen LogP contribution is 2.25. The van der Waals surface area contributed by atoms with Crippen LogP contribution in [0.5, 0.6) is 0 Å². The quantitative estimate of drug-likeness (QED) is 0.581. The van der Waals surface area contributed by atoms with Gasteiger partial charge in [-0.05, 0) is 51.0 Å². The van der Waals surface area contributed by atoms with Crippen LogP contribution in [0.1, 0.15) is 47.4 Å². The molecule has 0 aliphatic heterocycles. The first-order valence-corrected chi connectivity index (χ1v) is 10.6. The number of hydrogen-bond donors (Lipinski definition) is 3. The second-order valence-corrected chi connectivity index (χ2v) is 8.27. The van der Waals surface area contributed by atoms with Crippen LogP contribution in [0.15, 0.2) is 53.4 Å². The fourth-order valence-electron chi connectivity index (χ4n) is 2.76. The number of nitrogens with one attached hydrogen (secondary N) is 3. The number of hydrogen-bond acceptors (Lipinski definition) is 4. The van der Waals surface area contributed by atoms with Gasteiger partial charge in [0.15, 0.2) is 0 Å². The number of carbonyl (C=O) groups is 3. The summed E-state index contributed by atoms with van der Waals surface area (Å²) >= 11 is 1.31. The van der Waals surface area contributed by atoms with Gasteiger partial charge in [-0.3, -0.25) is 14.4 Å². The summed E-state index contributed by atoms with van der Waals surface area (Å²) in [5.74, 6) is -0.356. The summed E-state index contributed by atoms with van der Waals surface area (Å²) in [5, 5.41) is 8.63. The highest BCUT2D eigenvalue weighted by Gasteiger charge is 2.25. The number of carbonyl (C=O) groups excluding carboxylic acids is 3. The lowest BCUT2D eigenvalue weighted by atomic mass is 10.1. The van der Waals surface area contributed by atoms with E-state index < -0.39 is 0 Å². The van der Waals surface area contributed by atoms with Crippen molar-refractivity contribution >= 4 is 35.2 Å². The van der Waals surface area contributed by atoms with Crippen molar-refractivity contribution in [2.24, 2.45) is 0 Å². The van der Waals surface area contributed by atoms with E-state index in [1.807, 2.05) is 26.0 Å². The highest BCUT2D eigenvalue weighted by atomic mass is 32.2. The molecular weight excluding hydrogens is 386 g/mol. The Morgan fingerprint density at radius 2 is 1.62 bits per heavy atom. The lowest BCUT2D eigenvalue weighted by molar-refractivity contribution is -0.119. The number of thioether (sulfide) groups is 1. The maximum Gasteiger partial charge on any atom is 0.256 e. The van der Waals surface area contributed by atoms with Gasteiger partial charge in [0.1, 0.15) is 0 Å². The van der Waals surface area contributed by atoms with Gasteiger partial charge in [0.25, 0.3) is 11.8 Å². The lowest BCUT2D eigenvalue weighted by Gasteiger charge is -2.13. The van der Waals surface area contributed by atoms with Gasteiger partial charge >= 0.3 is 0 Å². The Kier molecular flexibility index (Phi) is 6.93. The molecule has 0 aromatic heterocycles. The SMILES string of the molecule is CC(C)NC(=O)CSc1ccccc1C(=O)Nc1ccccc1C(=O)NC1CC1. The van der Waals surface area contributed by atoms with E-state index in [1.165, 1.54) is 11.8 Å². The van der Waals surface area contributed by atoms with Crippen molar-refractivity contribution < 1.29 is 14.4 Å². The number of amides is 3. The Hall–Kier alpha value is -2.80. The van der Waals surface area contributed by atoms with E-state index in [-0.39, 0.29) is 35.6 Å². The summed E-state index contributed by atoms with van der Waals surface area (Å²) in [6, 6.07) is 14.4. The van der Waals surface area contributed by atoms with E-state index in [0.717, 1.165) is 12.8 Å². The van der Waals surface area contributed by atoms with Gasteiger partial charge in [0.05, 0.1) is 22.6 Å². The maximum atomic E-state index is 12.9. The molecule has 6 nitrogen and oxygen atoms in total. The predicted octanol–water partition coefficient (Wildman–Crippen LogP) is 3.45. The van der Waals surface area contributed by atoms with Crippen LogP contribution in [-0.4, -0.2) is 35.6 Å². The van der Waals surface area contributed by atoms with E-state index in [9.17, 15) is 14.4 Å². The van der Waals surface area contributed by atoms with Crippen LogP contribution in [-0.2, 0) is 4.79 Å². The van der Waals surface area contributed by atoms with Crippen LogP contribution in [0, 0.1) is 0 Å². The minimum Gasteiger partial charge on any atom is -0.353 e. The molecule has 1 saturated carbocycles. The summed E-state index contributed by atoms with van der Waals surface area (Å²) in [5.41, 5.74) is 1.37. The molecule has 3 rings (SSSR count). The zero-order valence-corrected chi connectivity index (χ0v) is 17.3. The second kappa shape index (κ2) is 9.60. The van der Waals surface area contributed by atoms with Crippen LogP contribution in [0.4, 0.5) is 5.69 Å². The van der Waals surface area contributed by atoms with E-state index in [4.69, 9.17) is 0 Å². The van der Waals surface area contributed by atoms with Gasteiger partial charge in [-0.25, -0.2) is 0 Å². The predicted molar refractivity (Wildman–Crippen MR) is 115 cm³/mol. The topological polar surface area (TPSA) is 87.3 Å². The van der Waals surface area contributed by atoms with E-state index in [1.54, 1.807) is 36.4 Å². The molecule has 152 valence electrons. The lowest BCUT2D eigenvalue weighted by Crippen LogP contribution is -2.31. The van der Waals surface area contributed by atoms with Crippen molar-refractivity contribution in [1.82, 2.24) is 10.6 Å². The van der Waals surface area contributed by atoms with Crippen LogP contribution < -0.4 is 16.0 Å². The minimum atomic E-state index is -0.316. The summed E-state index contributed by atoms with van der Waals surface area (Å²) in [7, 11) is 0. The van der Waals surface area contributed by atoms with E-state index in [2.05, 4.69) is 16.0 Å². The monoisotopic (exact) mass is 411 g/mol. The fourth-order valence-corrected chi connectivity index (χ4v) is 3.62. The molecule has 29 heavy (non-hydrogen) atoms. The van der Waals surface area contributed by atoms with Gasteiger partial charge in [-0.2, -0.15) is 0 Å². The summed E-state index contributed by atoms with van der Waals surface area (Å²) in [6.07, 6.45) is 1.99. The Balaban J connectivity index is 1.71. The largest absolute Gasteiger partial charge is 0.353 e. The number of benzene rings is 2. The summed E-state index contributed by atoms with van der Waals surface area (Å²) in [4.78, 5) is 38.0. The molecule has 0 atom stereocenters.